The molecule has 0 radical (unpaired) electrons. The molecule has 1 amide bonds. The molecule has 0 aliphatic carbocycles. The second-order valence-corrected chi connectivity index (χ2v) is 8.16. The van der Waals surface area contributed by atoms with Crippen molar-refractivity contribution in [1.82, 2.24) is 4.90 Å². The molecule has 1 heterocycles. The number of nitrogens with zero attached hydrogens (tertiary/aromatic N) is 1. The fourth-order valence-electron chi connectivity index (χ4n) is 2.78. The van der Waals surface area contributed by atoms with E-state index in [1.807, 2.05) is 24.3 Å². The van der Waals surface area contributed by atoms with Gasteiger partial charge in [-0.05, 0) is 79.8 Å². The lowest BCUT2D eigenvalue weighted by Gasteiger charge is -2.26. The van der Waals surface area contributed by atoms with Crippen LogP contribution < -0.4 is 0 Å². The molecule has 23 heavy (non-hydrogen) atoms. The summed E-state index contributed by atoms with van der Waals surface area (Å²) < 4.78 is 6.50. The van der Waals surface area contributed by atoms with E-state index in [-0.39, 0.29) is 5.92 Å². The number of carboxylic acid groups (broad SMARTS) is 1. The van der Waals surface area contributed by atoms with Crippen molar-refractivity contribution in [3.63, 3.8) is 0 Å². The summed E-state index contributed by atoms with van der Waals surface area (Å²) in [5.74, 6) is -0.843. The molecule has 2 unspecified atom stereocenters. The van der Waals surface area contributed by atoms with E-state index in [1.54, 1.807) is 20.8 Å². The first kappa shape index (κ1) is 18.0. The molecule has 0 saturated carbocycles. The topological polar surface area (TPSA) is 66.8 Å². The zero-order chi connectivity index (χ0) is 17.2. The van der Waals surface area contributed by atoms with Crippen molar-refractivity contribution >= 4 is 34.7 Å². The van der Waals surface area contributed by atoms with E-state index in [9.17, 15) is 14.7 Å². The quantitative estimate of drug-likeness (QED) is 0.744. The summed E-state index contributed by atoms with van der Waals surface area (Å²) in [6.45, 7) is 5.75. The number of ether oxygens (including phenoxy) is 1. The number of hydrogen-bond acceptors (Lipinski definition) is 3. The molecular weight excluding hydrogens is 409 g/mol. The smallest absolute Gasteiger partial charge is 0.411 e. The van der Waals surface area contributed by atoms with Crippen molar-refractivity contribution in [2.45, 2.75) is 45.3 Å². The molecule has 1 aliphatic rings. The lowest BCUT2D eigenvalue weighted by atomic mass is 9.97. The average Bonchev–Trinajstić information content (AvgIpc) is 2.84. The highest BCUT2D eigenvalue weighted by molar-refractivity contribution is 14.1. The third-order valence-corrected chi connectivity index (χ3v) is 4.46. The third-order valence-electron chi connectivity index (χ3n) is 3.74. The highest BCUT2D eigenvalue weighted by Crippen LogP contribution is 2.28. The van der Waals surface area contributed by atoms with Gasteiger partial charge in [-0.2, -0.15) is 0 Å². The summed E-state index contributed by atoms with van der Waals surface area (Å²) >= 11 is 2.25. The van der Waals surface area contributed by atoms with Crippen molar-refractivity contribution in [2.24, 2.45) is 5.92 Å². The van der Waals surface area contributed by atoms with Gasteiger partial charge in [0.05, 0.1) is 0 Å². The summed E-state index contributed by atoms with van der Waals surface area (Å²) in [6, 6.07) is 7.36. The molecule has 2 rings (SSSR count). The van der Waals surface area contributed by atoms with E-state index in [0.29, 0.717) is 13.0 Å². The number of rotatable bonds is 3. The van der Waals surface area contributed by atoms with Gasteiger partial charge in [-0.15, -0.1) is 0 Å². The van der Waals surface area contributed by atoms with Crippen molar-refractivity contribution in [3.05, 3.63) is 33.4 Å². The normalized spacial score (nSPS) is 21.3. The number of carbonyl (C=O) groups excluding carboxylic acids is 1. The van der Waals surface area contributed by atoms with Crippen LogP contribution in [0, 0.1) is 9.49 Å². The number of benzene rings is 1. The van der Waals surface area contributed by atoms with Crippen LogP contribution in [0.25, 0.3) is 0 Å². The first-order chi connectivity index (χ1) is 10.7. The van der Waals surface area contributed by atoms with E-state index < -0.39 is 23.7 Å². The maximum atomic E-state index is 12.3. The molecule has 1 aromatic rings. The first-order valence-corrected chi connectivity index (χ1v) is 8.70. The van der Waals surface area contributed by atoms with Crippen molar-refractivity contribution in [3.8, 4) is 0 Å². The lowest BCUT2D eigenvalue weighted by molar-refractivity contribution is -0.142. The maximum absolute atomic E-state index is 12.3. The second kappa shape index (κ2) is 7.07. The summed E-state index contributed by atoms with van der Waals surface area (Å²) in [5.41, 5.74) is 0.527. The Labute approximate surface area is 150 Å². The Bertz CT molecular complexity index is 579. The third kappa shape index (κ3) is 5.09. The zero-order valence-corrected chi connectivity index (χ0v) is 15.7. The Hall–Kier alpha value is -1.31. The minimum absolute atomic E-state index is 0.128. The number of hydrogen-bond donors (Lipinski definition) is 1. The van der Waals surface area contributed by atoms with E-state index >= 15 is 0 Å². The lowest BCUT2D eigenvalue weighted by Crippen LogP contribution is -2.43. The Morgan fingerprint density at radius 2 is 1.91 bits per heavy atom. The molecule has 126 valence electrons. The van der Waals surface area contributed by atoms with E-state index in [4.69, 9.17) is 4.74 Å². The molecule has 1 fully saturated rings. The Morgan fingerprint density at radius 1 is 1.30 bits per heavy atom. The van der Waals surface area contributed by atoms with Crippen molar-refractivity contribution in [1.29, 1.82) is 0 Å². The number of halogens is 1. The molecular formula is C17H22INO4. The molecule has 1 aromatic carbocycles. The van der Waals surface area contributed by atoms with E-state index in [1.165, 1.54) is 4.90 Å². The van der Waals surface area contributed by atoms with Gasteiger partial charge >= 0.3 is 12.1 Å². The fourth-order valence-corrected chi connectivity index (χ4v) is 3.14. The van der Waals surface area contributed by atoms with Gasteiger partial charge in [0.15, 0.2) is 0 Å². The van der Waals surface area contributed by atoms with Crippen LogP contribution in [0.15, 0.2) is 24.3 Å². The van der Waals surface area contributed by atoms with Gasteiger partial charge in [-0.1, -0.05) is 12.1 Å². The van der Waals surface area contributed by atoms with E-state index in [0.717, 1.165) is 15.6 Å². The van der Waals surface area contributed by atoms with Crippen LogP contribution in [0.3, 0.4) is 0 Å². The van der Waals surface area contributed by atoms with Gasteiger partial charge in [0, 0.05) is 10.1 Å². The zero-order valence-electron chi connectivity index (χ0n) is 13.6. The summed E-state index contributed by atoms with van der Waals surface area (Å²) in [4.78, 5) is 25.1. The standard InChI is InChI=1S/C17H22INO4/c1-17(2,3)23-16(22)19-10-12(9-14(19)15(20)21)8-11-4-6-13(18)7-5-11/h4-7,12,14H,8-10H2,1-3H3,(H,20,21). The van der Waals surface area contributed by atoms with Gasteiger partial charge < -0.3 is 9.84 Å². The minimum atomic E-state index is -0.971. The Balaban J connectivity index is 2.06. The summed E-state index contributed by atoms with van der Waals surface area (Å²) in [5, 5.41) is 9.40. The van der Waals surface area contributed by atoms with Crippen molar-refractivity contribution < 1.29 is 19.4 Å². The highest BCUT2D eigenvalue weighted by atomic mass is 127. The molecule has 6 heteroatoms. The monoisotopic (exact) mass is 431 g/mol. The molecule has 0 spiro atoms. The average molecular weight is 431 g/mol. The van der Waals surface area contributed by atoms with Crippen LogP contribution in [-0.4, -0.2) is 40.3 Å². The van der Waals surface area contributed by atoms with E-state index in [2.05, 4.69) is 22.6 Å². The summed E-state index contributed by atoms with van der Waals surface area (Å²) in [7, 11) is 0. The van der Waals surface area contributed by atoms with Crippen LogP contribution in [-0.2, 0) is 16.0 Å². The minimum Gasteiger partial charge on any atom is -0.480 e. The summed E-state index contributed by atoms with van der Waals surface area (Å²) in [6.07, 6.45) is 0.676. The highest BCUT2D eigenvalue weighted by Gasteiger charge is 2.41. The largest absolute Gasteiger partial charge is 0.480 e. The first-order valence-electron chi connectivity index (χ1n) is 7.62. The van der Waals surface area contributed by atoms with Crippen molar-refractivity contribution in [2.75, 3.05) is 6.54 Å². The van der Waals surface area contributed by atoms with Gasteiger partial charge in [-0.3, -0.25) is 4.90 Å². The Kier molecular flexibility index (Phi) is 5.54. The van der Waals surface area contributed by atoms with Gasteiger partial charge in [0.2, 0.25) is 0 Å². The van der Waals surface area contributed by atoms with Crippen LogP contribution in [0.5, 0.6) is 0 Å². The molecule has 0 bridgehead atoms. The predicted molar refractivity (Wildman–Crippen MR) is 95.3 cm³/mol. The second-order valence-electron chi connectivity index (χ2n) is 6.92. The van der Waals surface area contributed by atoms with Gasteiger partial charge in [0.25, 0.3) is 0 Å². The number of likely N-dealkylation sites (tertiary alicyclic amines) is 1. The number of carboxylic acids is 1. The fraction of sp³-hybridized carbons (Fsp3) is 0.529. The predicted octanol–water partition coefficient (Wildman–Crippen LogP) is 3.54. The van der Waals surface area contributed by atoms with Crippen LogP contribution in [0.4, 0.5) is 4.79 Å². The Morgan fingerprint density at radius 3 is 2.43 bits per heavy atom. The SMILES string of the molecule is CC(C)(C)OC(=O)N1CC(Cc2ccc(I)cc2)CC1C(=O)O. The molecule has 1 aliphatic heterocycles. The molecule has 2 atom stereocenters. The molecule has 1 N–H and O–H groups in total. The number of amides is 1. The molecule has 1 saturated heterocycles. The van der Waals surface area contributed by atoms with Gasteiger partial charge in [0.1, 0.15) is 11.6 Å². The number of aliphatic carboxylic acids is 1. The number of carbonyl (C=O) groups is 2. The van der Waals surface area contributed by atoms with Crippen LogP contribution in [0.2, 0.25) is 0 Å². The molecule has 0 aromatic heterocycles. The molecule has 5 nitrogen and oxygen atoms in total. The van der Waals surface area contributed by atoms with Crippen LogP contribution >= 0.6 is 22.6 Å². The van der Waals surface area contributed by atoms with Crippen LogP contribution in [0.1, 0.15) is 32.8 Å². The van der Waals surface area contributed by atoms with Gasteiger partial charge in [-0.25, -0.2) is 9.59 Å². The maximum Gasteiger partial charge on any atom is 0.411 e.